The monoisotopic (exact) mass is 350 g/mol. The van der Waals surface area contributed by atoms with Gasteiger partial charge in [0.1, 0.15) is 0 Å². The predicted octanol–water partition coefficient (Wildman–Crippen LogP) is 5.73. The van der Waals surface area contributed by atoms with Crippen LogP contribution >= 0.6 is 0 Å². The maximum absolute atomic E-state index is 9.04. The van der Waals surface area contributed by atoms with Gasteiger partial charge in [-0.05, 0) is 19.3 Å². The Morgan fingerprint density at radius 1 is 0.880 bits per heavy atom. The minimum absolute atomic E-state index is 0.230. The third-order valence-corrected chi connectivity index (χ3v) is 5.07. The van der Waals surface area contributed by atoms with Crippen LogP contribution in [0.25, 0.3) is 0 Å². The van der Waals surface area contributed by atoms with Gasteiger partial charge in [-0.2, -0.15) is 0 Å². The van der Waals surface area contributed by atoms with Crippen LogP contribution in [0.1, 0.15) is 96.8 Å². The molecule has 0 radical (unpaired) electrons. The van der Waals surface area contributed by atoms with Gasteiger partial charge in [0.2, 0.25) is 0 Å². The number of aliphatic hydroxyl groups excluding tert-OH is 1. The Kier molecular flexibility index (Phi) is 14.8. The van der Waals surface area contributed by atoms with Crippen LogP contribution in [0.15, 0.2) is 17.1 Å². The second-order valence-corrected chi connectivity index (χ2v) is 7.34. The van der Waals surface area contributed by atoms with Gasteiger partial charge in [-0.25, -0.2) is 0 Å². The van der Waals surface area contributed by atoms with E-state index < -0.39 is 0 Å². The van der Waals surface area contributed by atoms with Crippen molar-refractivity contribution in [2.45, 2.75) is 96.8 Å². The second kappa shape index (κ2) is 16.6. The first-order chi connectivity index (χ1) is 12.4. The second-order valence-electron chi connectivity index (χ2n) is 7.34. The molecule has 0 amide bonds. The predicted molar refractivity (Wildman–Crippen MR) is 110 cm³/mol. The SMILES string of the molecule is CCCCCCCCCCCCC/C=C/CCC1=NCCN1CCO. The van der Waals surface area contributed by atoms with Crippen LogP contribution in [0.3, 0.4) is 0 Å². The summed E-state index contributed by atoms with van der Waals surface area (Å²) in [6.45, 7) is 5.14. The number of β-amino-alcohol motifs (C(OH)–C–C–N with tert-alkyl or cyclic N) is 1. The molecule has 1 aliphatic rings. The van der Waals surface area contributed by atoms with Crippen molar-refractivity contribution in [3.05, 3.63) is 12.2 Å². The van der Waals surface area contributed by atoms with Crippen molar-refractivity contribution in [3.63, 3.8) is 0 Å². The molecule has 0 fully saturated rings. The van der Waals surface area contributed by atoms with Gasteiger partial charge in [0, 0.05) is 19.5 Å². The molecule has 1 rings (SSSR count). The number of amidine groups is 1. The van der Waals surface area contributed by atoms with E-state index in [4.69, 9.17) is 5.11 Å². The molecule has 0 saturated heterocycles. The van der Waals surface area contributed by atoms with Crippen LogP contribution in [0.5, 0.6) is 0 Å². The van der Waals surface area contributed by atoms with E-state index in [0.29, 0.717) is 0 Å². The summed E-state index contributed by atoms with van der Waals surface area (Å²) in [5.41, 5.74) is 0. The first kappa shape index (κ1) is 22.2. The molecule has 3 nitrogen and oxygen atoms in total. The van der Waals surface area contributed by atoms with Crippen LogP contribution in [0.2, 0.25) is 0 Å². The molecule has 0 aromatic heterocycles. The molecule has 3 heteroatoms. The Morgan fingerprint density at radius 3 is 2.12 bits per heavy atom. The topological polar surface area (TPSA) is 35.8 Å². The van der Waals surface area contributed by atoms with Gasteiger partial charge in [-0.3, -0.25) is 4.99 Å². The fourth-order valence-corrected chi connectivity index (χ4v) is 3.50. The summed E-state index contributed by atoms with van der Waals surface area (Å²) in [6, 6.07) is 0. The fourth-order valence-electron chi connectivity index (χ4n) is 3.50. The van der Waals surface area contributed by atoms with Gasteiger partial charge in [-0.15, -0.1) is 0 Å². The lowest BCUT2D eigenvalue weighted by Gasteiger charge is -2.18. The van der Waals surface area contributed by atoms with Crippen molar-refractivity contribution in [1.29, 1.82) is 0 Å². The molecular weight excluding hydrogens is 308 g/mol. The number of nitrogens with zero attached hydrogens (tertiary/aromatic N) is 2. The van der Waals surface area contributed by atoms with Crippen LogP contribution < -0.4 is 0 Å². The Labute approximate surface area is 156 Å². The summed E-state index contributed by atoms with van der Waals surface area (Å²) < 4.78 is 0. The quantitative estimate of drug-likeness (QED) is 0.268. The standard InChI is InChI=1S/C22H42N2O/c1-2-3-4-5-6-7-8-9-10-11-12-13-14-15-16-17-22-23-18-19-24(22)20-21-25/h14-15,25H,2-13,16-21H2,1H3/b15-14+. The lowest BCUT2D eigenvalue weighted by molar-refractivity contribution is 0.255. The highest BCUT2D eigenvalue weighted by Crippen LogP contribution is 2.12. The summed E-state index contributed by atoms with van der Waals surface area (Å²) >= 11 is 0. The average molecular weight is 351 g/mol. The van der Waals surface area contributed by atoms with Gasteiger partial charge < -0.3 is 10.0 Å². The van der Waals surface area contributed by atoms with E-state index in [9.17, 15) is 0 Å². The third-order valence-electron chi connectivity index (χ3n) is 5.07. The molecule has 1 aliphatic heterocycles. The number of allylic oxidation sites excluding steroid dienone is 2. The molecule has 0 aliphatic carbocycles. The lowest BCUT2D eigenvalue weighted by atomic mass is 10.1. The summed E-state index contributed by atoms with van der Waals surface area (Å²) in [6.07, 6.45) is 23.5. The Bertz CT molecular complexity index is 352. The zero-order valence-electron chi connectivity index (χ0n) is 16.7. The van der Waals surface area contributed by atoms with Gasteiger partial charge in [0.05, 0.1) is 19.0 Å². The molecule has 0 aromatic rings. The van der Waals surface area contributed by atoms with E-state index in [1.807, 2.05) is 0 Å². The number of hydrogen-bond donors (Lipinski definition) is 1. The number of unbranched alkanes of at least 4 members (excludes halogenated alkanes) is 11. The van der Waals surface area contributed by atoms with E-state index in [1.165, 1.54) is 82.9 Å². The van der Waals surface area contributed by atoms with Gasteiger partial charge in [0.15, 0.2) is 0 Å². The van der Waals surface area contributed by atoms with Crippen LogP contribution in [-0.4, -0.2) is 42.1 Å². The van der Waals surface area contributed by atoms with E-state index >= 15 is 0 Å². The van der Waals surface area contributed by atoms with Gasteiger partial charge in [0.25, 0.3) is 0 Å². The third kappa shape index (κ3) is 12.2. The van der Waals surface area contributed by atoms with Crippen molar-refractivity contribution >= 4 is 5.84 Å². The molecule has 0 saturated carbocycles. The van der Waals surface area contributed by atoms with E-state index in [2.05, 4.69) is 29.0 Å². The largest absolute Gasteiger partial charge is 0.395 e. The molecule has 0 aromatic carbocycles. The van der Waals surface area contributed by atoms with Gasteiger partial charge >= 0.3 is 0 Å². The van der Waals surface area contributed by atoms with E-state index in [0.717, 1.165) is 32.5 Å². The highest BCUT2D eigenvalue weighted by molar-refractivity contribution is 5.83. The highest BCUT2D eigenvalue weighted by atomic mass is 16.3. The van der Waals surface area contributed by atoms with Crippen LogP contribution in [0, 0.1) is 0 Å². The van der Waals surface area contributed by atoms with Crippen LogP contribution in [-0.2, 0) is 0 Å². The Hall–Kier alpha value is -0.830. The maximum atomic E-state index is 9.04. The Morgan fingerprint density at radius 2 is 1.48 bits per heavy atom. The summed E-state index contributed by atoms with van der Waals surface area (Å²) in [4.78, 5) is 6.76. The van der Waals surface area contributed by atoms with Crippen molar-refractivity contribution in [1.82, 2.24) is 4.90 Å². The van der Waals surface area contributed by atoms with Crippen molar-refractivity contribution < 1.29 is 5.11 Å². The Balaban J connectivity index is 1.83. The minimum atomic E-state index is 0.230. The average Bonchev–Trinajstić information content (AvgIpc) is 3.06. The van der Waals surface area contributed by atoms with Crippen LogP contribution in [0.4, 0.5) is 0 Å². The first-order valence-corrected chi connectivity index (χ1v) is 10.9. The molecule has 146 valence electrons. The molecule has 0 atom stereocenters. The van der Waals surface area contributed by atoms with E-state index in [-0.39, 0.29) is 6.61 Å². The van der Waals surface area contributed by atoms with E-state index in [1.54, 1.807) is 0 Å². The summed E-state index contributed by atoms with van der Waals surface area (Å²) in [7, 11) is 0. The molecule has 1 N–H and O–H groups in total. The normalized spacial score (nSPS) is 14.6. The molecule has 25 heavy (non-hydrogen) atoms. The molecular formula is C22H42N2O. The molecule has 0 bridgehead atoms. The molecule has 0 unspecified atom stereocenters. The maximum Gasteiger partial charge on any atom is 0.0994 e. The summed E-state index contributed by atoms with van der Waals surface area (Å²) in [5.74, 6) is 1.19. The smallest absolute Gasteiger partial charge is 0.0994 e. The number of rotatable bonds is 17. The zero-order valence-corrected chi connectivity index (χ0v) is 16.7. The highest BCUT2D eigenvalue weighted by Gasteiger charge is 2.14. The zero-order chi connectivity index (χ0) is 18.0. The molecule has 0 spiro atoms. The molecule has 1 heterocycles. The lowest BCUT2D eigenvalue weighted by Crippen LogP contribution is -2.30. The van der Waals surface area contributed by atoms with Crippen molar-refractivity contribution in [2.24, 2.45) is 4.99 Å². The minimum Gasteiger partial charge on any atom is -0.395 e. The number of aliphatic hydroxyl groups is 1. The fraction of sp³-hybridized carbons (Fsp3) is 0.864. The summed E-state index contributed by atoms with van der Waals surface area (Å²) in [5, 5.41) is 9.04. The number of aliphatic imine (C=N–C) groups is 1. The van der Waals surface area contributed by atoms with Crippen molar-refractivity contribution in [2.75, 3.05) is 26.2 Å². The van der Waals surface area contributed by atoms with Gasteiger partial charge in [-0.1, -0.05) is 83.3 Å². The number of hydrogen-bond acceptors (Lipinski definition) is 3. The van der Waals surface area contributed by atoms with Crippen molar-refractivity contribution in [3.8, 4) is 0 Å². The first-order valence-electron chi connectivity index (χ1n) is 10.9.